The molecule has 1 saturated heterocycles. The minimum atomic E-state index is -0.441. The third-order valence-electron chi connectivity index (χ3n) is 4.85. The Morgan fingerprint density at radius 1 is 0.964 bits per heavy atom. The van der Waals surface area contributed by atoms with Crippen molar-refractivity contribution in [3.8, 4) is 11.5 Å². The van der Waals surface area contributed by atoms with Crippen LogP contribution >= 0.6 is 0 Å². The molecule has 6 heteroatoms. The summed E-state index contributed by atoms with van der Waals surface area (Å²) in [5.74, 6) is 0.853. The smallest absolute Gasteiger partial charge is 0.349 e. The molecule has 0 unspecified atom stereocenters. The zero-order valence-electron chi connectivity index (χ0n) is 16.6. The summed E-state index contributed by atoms with van der Waals surface area (Å²) in [6.45, 7) is 8.41. The van der Waals surface area contributed by atoms with Gasteiger partial charge in [0.05, 0.1) is 0 Å². The summed E-state index contributed by atoms with van der Waals surface area (Å²) in [4.78, 5) is 27.6. The predicted octanol–water partition coefficient (Wildman–Crippen LogP) is 2.96. The minimum Gasteiger partial charge on any atom is -0.482 e. The number of aryl methyl sites for hydroxylation is 2. The second kappa shape index (κ2) is 8.78. The van der Waals surface area contributed by atoms with Crippen LogP contribution in [0.5, 0.6) is 11.5 Å². The van der Waals surface area contributed by atoms with Crippen molar-refractivity contribution in [3.63, 3.8) is 0 Å². The lowest BCUT2D eigenvalue weighted by atomic mass is 10.1. The van der Waals surface area contributed by atoms with Gasteiger partial charge in [-0.15, -0.1) is 0 Å². The highest BCUT2D eigenvalue weighted by molar-refractivity contribution is 5.74. The van der Waals surface area contributed by atoms with Crippen molar-refractivity contribution in [3.05, 3.63) is 53.6 Å². The number of hydrogen-bond donors (Lipinski definition) is 0. The second-order valence-electron chi connectivity index (χ2n) is 7.02. The molecule has 2 aromatic rings. The molecule has 0 bridgehead atoms. The van der Waals surface area contributed by atoms with E-state index in [-0.39, 0.29) is 12.5 Å². The number of hydrogen-bond acceptors (Lipinski definition) is 5. The third kappa shape index (κ3) is 5.03. The number of piperazine rings is 1. The van der Waals surface area contributed by atoms with Crippen LogP contribution in [0.2, 0.25) is 0 Å². The van der Waals surface area contributed by atoms with Crippen LogP contribution in [0.4, 0.5) is 5.69 Å². The molecule has 1 fully saturated rings. The molecule has 148 valence electrons. The number of rotatable bonds is 5. The molecule has 2 aromatic carbocycles. The van der Waals surface area contributed by atoms with E-state index in [0.717, 1.165) is 43.0 Å². The number of benzene rings is 2. The summed E-state index contributed by atoms with van der Waals surface area (Å²) in [6.07, 6.45) is 0. The molecule has 1 aliphatic rings. The lowest BCUT2D eigenvalue weighted by molar-refractivity contribution is -0.136. The van der Waals surface area contributed by atoms with Gasteiger partial charge >= 0.3 is 5.97 Å². The molecule has 0 saturated carbocycles. The first-order valence-corrected chi connectivity index (χ1v) is 9.43. The van der Waals surface area contributed by atoms with E-state index < -0.39 is 5.97 Å². The van der Waals surface area contributed by atoms with Crippen molar-refractivity contribution >= 4 is 17.6 Å². The molecule has 6 nitrogen and oxygen atoms in total. The lowest BCUT2D eigenvalue weighted by Crippen LogP contribution is -2.48. The number of esters is 1. The van der Waals surface area contributed by atoms with Crippen LogP contribution in [-0.2, 0) is 9.59 Å². The topological polar surface area (TPSA) is 59.1 Å². The maximum Gasteiger partial charge on any atom is 0.349 e. The first kappa shape index (κ1) is 19.7. The van der Waals surface area contributed by atoms with E-state index in [4.69, 9.17) is 9.47 Å². The van der Waals surface area contributed by atoms with Crippen LogP contribution in [0.25, 0.3) is 0 Å². The largest absolute Gasteiger partial charge is 0.482 e. The molecule has 28 heavy (non-hydrogen) atoms. The average Bonchev–Trinajstić information content (AvgIpc) is 2.69. The van der Waals surface area contributed by atoms with Gasteiger partial charge in [0, 0.05) is 38.8 Å². The van der Waals surface area contributed by atoms with Crippen LogP contribution in [-0.4, -0.2) is 49.6 Å². The number of nitrogens with zero attached hydrogens (tertiary/aromatic N) is 2. The minimum absolute atomic E-state index is 0.116. The zero-order chi connectivity index (χ0) is 20.1. The fourth-order valence-electron chi connectivity index (χ4n) is 3.16. The zero-order valence-corrected chi connectivity index (χ0v) is 16.6. The number of carbonyl (C=O) groups excluding carboxylic acids is 2. The first-order chi connectivity index (χ1) is 13.4. The van der Waals surface area contributed by atoms with Gasteiger partial charge in [-0.25, -0.2) is 4.79 Å². The van der Waals surface area contributed by atoms with Gasteiger partial charge in [-0.3, -0.25) is 4.79 Å². The highest BCUT2D eigenvalue weighted by atomic mass is 16.6. The molecule has 0 atom stereocenters. The molecule has 0 N–H and O–H groups in total. The lowest BCUT2D eigenvalue weighted by Gasteiger charge is -2.35. The monoisotopic (exact) mass is 382 g/mol. The van der Waals surface area contributed by atoms with Crippen molar-refractivity contribution in [1.29, 1.82) is 0 Å². The molecule has 0 aliphatic carbocycles. The molecule has 1 aliphatic heterocycles. The van der Waals surface area contributed by atoms with Crippen LogP contribution in [0, 0.1) is 13.8 Å². The number of carbonyl (C=O) groups is 2. The highest BCUT2D eigenvalue weighted by Gasteiger charge is 2.18. The van der Waals surface area contributed by atoms with Crippen LogP contribution in [0.15, 0.2) is 42.5 Å². The fraction of sp³-hybridized carbons (Fsp3) is 0.364. The van der Waals surface area contributed by atoms with Gasteiger partial charge in [-0.05, 0) is 55.3 Å². The van der Waals surface area contributed by atoms with Crippen molar-refractivity contribution in [2.75, 3.05) is 37.7 Å². The molecule has 0 radical (unpaired) electrons. The Hall–Kier alpha value is -3.02. The number of anilines is 1. The van der Waals surface area contributed by atoms with Crippen molar-refractivity contribution in [2.45, 2.75) is 20.8 Å². The second-order valence-corrected chi connectivity index (χ2v) is 7.02. The normalized spacial score (nSPS) is 14.0. The van der Waals surface area contributed by atoms with E-state index in [1.54, 1.807) is 19.1 Å². The van der Waals surface area contributed by atoms with Crippen molar-refractivity contribution < 1.29 is 19.1 Å². The van der Waals surface area contributed by atoms with Gasteiger partial charge in [0.1, 0.15) is 11.5 Å². The average molecular weight is 382 g/mol. The van der Waals surface area contributed by atoms with E-state index in [9.17, 15) is 9.59 Å². The maximum atomic E-state index is 12.1. The van der Waals surface area contributed by atoms with Gasteiger partial charge < -0.3 is 19.3 Å². The SMILES string of the molecule is CC(=O)N1CCN(c2ccc(OC(=O)COc3cc(C)ccc3C)cc2)CC1. The van der Waals surface area contributed by atoms with Gasteiger partial charge in [-0.1, -0.05) is 12.1 Å². The summed E-state index contributed by atoms with van der Waals surface area (Å²) >= 11 is 0. The molecule has 1 heterocycles. The third-order valence-corrected chi connectivity index (χ3v) is 4.85. The van der Waals surface area contributed by atoms with E-state index in [2.05, 4.69) is 4.90 Å². The summed E-state index contributed by atoms with van der Waals surface area (Å²) in [5, 5.41) is 0. The van der Waals surface area contributed by atoms with E-state index >= 15 is 0 Å². The van der Waals surface area contributed by atoms with E-state index in [0.29, 0.717) is 11.5 Å². The molecule has 0 aromatic heterocycles. The van der Waals surface area contributed by atoms with Crippen molar-refractivity contribution in [2.24, 2.45) is 0 Å². The van der Waals surface area contributed by atoms with Crippen LogP contribution < -0.4 is 14.4 Å². The summed E-state index contributed by atoms with van der Waals surface area (Å²) in [6, 6.07) is 13.3. The highest BCUT2D eigenvalue weighted by Crippen LogP contribution is 2.22. The van der Waals surface area contributed by atoms with Gasteiger partial charge in [0.25, 0.3) is 0 Å². The quantitative estimate of drug-likeness (QED) is 0.588. The van der Waals surface area contributed by atoms with E-state index in [1.165, 1.54) is 0 Å². The number of ether oxygens (including phenoxy) is 2. The maximum absolute atomic E-state index is 12.1. The summed E-state index contributed by atoms with van der Waals surface area (Å²) in [5.41, 5.74) is 3.11. The first-order valence-electron chi connectivity index (χ1n) is 9.43. The van der Waals surface area contributed by atoms with E-state index in [1.807, 2.05) is 49.1 Å². The molecule has 1 amide bonds. The molecular weight excluding hydrogens is 356 g/mol. The standard InChI is InChI=1S/C22H26N2O4/c1-16-4-5-17(2)21(14-16)27-15-22(26)28-20-8-6-19(7-9-20)24-12-10-23(11-13-24)18(3)25/h4-9,14H,10-13,15H2,1-3H3. The Labute approximate surface area is 165 Å². The van der Waals surface area contributed by atoms with Crippen LogP contribution in [0.1, 0.15) is 18.1 Å². The van der Waals surface area contributed by atoms with Gasteiger partial charge in [0.2, 0.25) is 5.91 Å². The van der Waals surface area contributed by atoms with Gasteiger partial charge in [-0.2, -0.15) is 0 Å². The summed E-state index contributed by atoms with van der Waals surface area (Å²) in [7, 11) is 0. The van der Waals surface area contributed by atoms with Crippen molar-refractivity contribution in [1.82, 2.24) is 4.90 Å². The Balaban J connectivity index is 1.50. The molecule has 3 rings (SSSR count). The molecular formula is C22H26N2O4. The Morgan fingerprint density at radius 2 is 1.64 bits per heavy atom. The van der Waals surface area contributed by atoms with Crippen LogP contribution in [0.3, 0.4) is 0 Å². The fourth-order valence-corrected chi connectivity index (χ4v) is 3.16. The molecule has 0 spiro atoms. The Morgan fingerprint density at radius 3 is 2.29 bits per heavy atom. The van der Waals surface area contributed by atoms with Gasteiger partial charge in [0.15, 0.2) is 6.61 Å². The Kier molecular flexibility index (Phi) is 6.19. The Bertz CT molecular complexity index is 840. The number of amides is 1. The predicted molar refractivity (Wildman–Crippen MR) is 108 cm³/mol. The summed E-state index contributed by atoms with van der Waals surface area (Å²) < 4.78 is 10.9.